The number of carbonyl (C=O) groups is 2. The summed E-state index contributed by atoms with van der Waals surface area (Å²) < 4.78 is 6.82. The SMILES string of the molecule is C[C@H]1COC(=O)N1c1cc2cc(NC(=O)[C@H]3C[C@@H]3c3cnn(C)c3)nnc2c(N)c1Cl. The fraction of sp³-hybridized carbons (Fsp3) is 0.350. The van der Waals surface area contributed by atoms with Crippen LogP contribution in [0.15, 0.2) is 24.5 Å². The van der Waals surface area contributed by atoms with Gasteiger partial charge in [-0.3, -0.25) is 14.4 Å². The van der Waals surface area contributed by atoms with Crippen LogP contribution in [0.25, 0.3) is 10.9 Å². The van der Waals surface area contributed by atoms with Crippen molar-refractivity contribution in [1.29, 1.82) is 0 Å². The van der Waals surface area contributed by atoms with Crippen LogP contribution in [0.1, 0.15) is 24.8 Å². The summed E-state index contributed by atoms with van der Waals surface area (Å²) in [5.41, 5.74) is 8.25. The predicted octanol–water partition coefficient (Wildman–Crippen LogP) is 2.69. The number of carbonyl (C=O) groups excluding carboxylic acids is 2. The molecular weight excluding hydrogens is 422 g/mol. The number of fused-ring (bicyclic) bond motifs is 1. The molecule has 2 fully saturated rings. The molecule has 160 valence electrons. The Balaban J connectivity index is 1.41. The lowest BCUT2D eigenvalue weighted by Gasteiger charge is -2.21. The van der Waals surface area contributed by atoms with Crippen molar-refractivity contribution in [2.24, 2.45) is 13.0 Å². The molecular formula is C20H20ClN7O3. The molecule has 0 spiro atoms. The van der Waals surface area contributed by atoms with Gasteiger partial charge in [0.1, 0.15) is 12.1 Å². The maximum Gasteiger partial charge on any atom is 0.414 e. The number of nitrogens with zero attached hydrogens (tertiary/aromatic N) is 5. The topological polar surface area (TPSA) is 128 Å². The number of anilines is 3. The van der Waals surface area contributed by atoms with Crippen LogP contribution in [0.5, 0.6) is 0 Å². The minimum Gasteiger partial charge on any atom is -0.447 e. The number of amides is 2. The minimum atomic E-state index is -0.487. The lowest BCUT2D eigenvalue weighted by molar-refractivity contribution is -0.117. The Morgan fingerprint density at radius 3 is 2.84 bits per heavy atom. The molecule has 1 aromatic carbocycles. The van der Waals surface area contributed by atoms with E-state index < -0.39 is 6.09 Å². The second kappa shape index (κ2) is 7.09. The van der Waals surface area contributed by atoms with Crippen molar-refractivity contribution in [2.75, 3.05) is 22.6 Å². The van der Waals surface area contributed by atoms with Gasteiger partial charge in [0, 0.05) is 24.5 Å². The zero-order valence-corrected chi connectivity index (χ0v) is 17.6. The highest BCUT2D eigenvalue weighted by atomic mass is 35.5. The fourth-order valence-corrected chi connectivity index (χ4v) is 4.20. The van der Waals surface area contributed by atoms with E-state index >= 15 is 0 Å². The zero-order chi connectivity index (χ0) is 21.9. The van der Waals surface area contributed by atoms with E-state index in [0.717, 1.165) is 12.0 Å². The van der Waals surface area contributed by atoms with Gasteiger partial charge < -0.3 is 15.8 Å². The third kappa shape index (κ3) is 3.32. The largest absolute Gasteiger partial charge is 0.447 e. The first-order valence-electron chi connectivity index (χ1n) is 9.84. The highest BCUT2D eigenvalue weighted by Crippen LogP contribution is 2.48. The molecule has 2 aromatic heterocycles. The first kappa shape index (κ1) is 19.6. The molecule has 10 nitrogen and oxygen atoms in total. The van der Waals surface area contributed by atoms with Crippen molar-refractivity contribution >= 4 is 51.7 Å². The van der Waals surface area contributed by atoms with Crippen LogP contribution in [-0.2, 0) is 16.6 Å². The number of rotatable bonds is 4. The molecule has 1 saturated heterocycles. The molecule has 3 atom stereocenters. The summed E-state index contributed by atoms with van der Waals surface area (Å²) in [4.78, 5) is 26.3. The van der Waals surface area contributed by atoms with Gasteiger partial charge in [0.15, 0.2) is 5.82 Å². The number of nitrogens with one attached hydrogen (secondary N) is 1. The van der Waals surface area contributed by atoms with Crippen molar-refractivity contribution in [3.63, 3.8) is 0 Å². The molecule has 0 unspecified atom stereocenters. The molecule has 1 saturated carbocycles. The molecule has 0 bridgehead atoms. The monoisotopic (exact) mass is 441 g/mol. The third-order valence-electron chi connectivity index (χ3n) is 5.71. The molecule has 2 aliphatic rings. The maximum absolute atomic E-state index is 12.7. The summed E-state index contributed by atoms with van der Waals surface area (Å²) in [5.74, 6) is 0.207. The Bertz CT molecular complexity index is 1230. The number of aryl methyl sites for hydroxylation is 1. The van der Waals surface area contributed by atoms with Gasteiger partial charge in [-0.2, -0.15) is 5.10 Å². The lowest BCUT2D eigenvalue weighted by Crippen LogP contribution is -2.31. The van der Waals surface area contributed by atoms with Crippen LogP contribution >= 0.6 is 11.6 Å². The number of aromatic nitrogens is 4. The Hall–Kier alpha value is -3.40. The summed E-state index contributed by atoms with van der Waals surface area (Å²) >= 11 is 6.41. The number of ether oxygens (including phenoxy) is 1. The summed E-state index contributed by atoms with van der Waals surface area (Å²) in [7, 11) is 1.85. The van der Waals surface area contributed by atoms with Gasteiger partial charge in [0.2, 0.25) is 5.91 Å². The second-order valence-corrected chi connectivity index (χ2v) is 8.35. The average molecular weight is 442 g/mol. The molecule has 2 amide bonds. The summed E-state index contributed by atoms with van der Waals surface area (Å²) in [6.45, 7) is 2.12. The molecule has 31 heavy (non-hydrogen) atoms. The first-order chi connectivity index (χ1) is 14.8. The number of hydrogen-bond acceptors (Lipinski definition) is 7. The van der Waals surface area contributed by atoms with Gasteiger partial charge in [-0.1, -0.05) is 11.6 Å². The quantitative estimate of drug-likeness (QED) is 0.595. The molecule has 5 rings (SSSR count). The highest BCUT2D eigenvalue weighted by molar-refractivity contribution is 6.38. The van der Waals surface area contributed by atoms with E-state index in [4.69, 9.17) is 22.1 Å². The number of nitrogen functional groups attached to an aromatic ring is 1. The maximum atomic E-state index is 12.7. The van der Waals surface area contributed by atoms with Gasteiger partial charge in [-0.25, -0.2) is 4.79 Å². The Labute approximate surface area is 182 Å². The zero-order valence-electron chi connectivity index (χ0n) is 16.9. The normalized spacial score (nSPS) is 22.6. The van der Waals surface area contributed by atoms with Crippen molar-refractivity contribution in [1.82, 2.24) is 20.0 Å². The molecule has 3 aromatic rings. The van der Waals surface area contributed by atoms with E-state index in [9.17, 15) is 9.59 Å². The number of cyclic esters (lactones) is 1. The first-order valence-corrected chi connectivity index (χ1v) is 10.2. The number of halogens is 1. The number of nitrogens with two attached hydrogens (primary N) is 1. The smallest absolute Gasteiger partial charge is 0.414 e. The van der Waals surface area contributed by atoms with Crippen molar-refractivity contribution in [3.05, 3.63) is 35.1 Å². The van der Waals surface area contributed by atoms with Crippen LogP contribution in [-0.4, -0.2) is 44.6 Å². The number of hydrogen-bond donors (Lipinski definition) is 2. The molecule has 3 heterocycles. The third-order valence-corrected chi connectivity index (χ3v) is 6.11. The minimum absolute atomic E-state index is 0.124. The van der Waals surface area contributed by atoms with E-state index in [1.165, 1.54) is 4.90 Å². The van der Waals surface area contributed by atoms with Crippen LogP contribution in [0.2, 0.25) is 5.02 Å². The average Bonchev–Trinajstić information content (AvgIpc) is 3.32. The fourth-order valence-electron chi connectivity index (χ4n) is 3.97. The molecule has 1 aliphatic heterocycles. The van der Waals surface area contributed by atoms with Gasteiger partial charge in [0.25, 0.3) is 0 Å². The van der Waals surface area contributed by atoms with Crippen LogP contribution in [0, 0.1) is 5.92 Å². The molecule has 1 aliphatic carbocycles. The Kier molecular flexibility index (Phi) is 4.47. The van der Waals surface area contributed by atoms with Gasteiger partial charge in [-0.05, 0) is 37.0 Å². The van der Waals surface area contributed by atoms with Gasteiger partial charge >= 0.3 is 6.09 Å². The van der Waals surface area contributed by atoms with Crippen molar-refractivity contribution < 1.29 is 14.3 Å². The summed E-state index contributed by atoms with van der Waals surface area (Å²) in [6.07, 6.45) is 3.98. The van der Waals surface area contributed by atoms with Crippen molar-refractivity contribution in [3.8, 4) is 0 Å². The highest BCUT2D eigenvalue weighted by Gasteiger charge is 2.44. The van der Waals surface area contributed by atoms with E-state index in [1.54, 1.807) is 23.0 Å². The standard InChI is InChI=1S/C20H20ClN7O3/c1-9-8-31-20(30)28(9)14-3-10-4-15(25-26-18(10)17(22)16(14)21)24-19(29)13-5-12(13)11-6-23-27(2)7-11/h3-4,6-7,9,12-13H,5,8,22H2,1-2H3,(H,24,25,29)/t9-,12+,13-/m0/s1. The van der Waals surface area contributed by atoms with Crippen molar-refractivity contribution in [2.45, 2.75) is 25.3 Å². The van der Waals surface area contributed by atoms with E-state index in [2.05, 4.69) is 20.6 Å². The molecule has 3 N–H and O–H groups in total. The lowest BCUT2D eigenvalue weighted by atomic mass is 10.1. The van der Waals surface area contributed by atoms with E-state index in [1.807, 2.05) is 20.2 Å². The Morgan fingerprint density at radius 2 is 2.16 bits per heavy atom. The van der Waals surface area contributed by atoms with Crippen LogP contribution < -0.4 is 16.0 Å². The van der Waals surface area contributed by atoms with E-state index in [0.29, 0.717) is 22.4 Å². The van der Waals surface area contributed by atoms with Gasteiger partial charge in [0.05, 0.1) is 28.6 Å². The number of benzene rings is 1. The van der Waals surface area contributed by atoms with Gasteiger partial charge in [-0.15, -0.1) is 10.2 Å². The van der Waals surface area contributed by atoms with E-state index in [-0.39, 0.29) is 41.1 Å². The molecule has 0 radical (unpaired) electrons. The summed E-state index contributed by atoms with van der Waals surface area (Å²) in [5, 5.41) is 16.0. The van der Waals surface area contributed by atoms with Crippen LogP contribution in [0.3, 0.4) is 0 Å². The predicted molar refractivity (Wildman–Crippen MR) is 115 cm³/mol. The Morgan fingerprint density at radius 1 is 1.35 bits per heavy atom. The van der Waals surface area contributed by atoms with Crippen LogP contribution in [0.4, 0.5) is 22.0 Å². The molecule has 11 heteroatoms. The summed E-state index contributed by atoms with van der Waals surface area (Å²) in [6, 6.07) is 3.19. The second-order valence-electron chi connectivity index (χ2n) is 7.97.